The van der Waals surface area contributed by atoms with Gasteiger partial charge in [-0.2, -0.15) is 0 Å². The molecule has 22 heavy (non-hydrogen) atoms. The second kappa shape index (κ2) is 6.22. The van der Waals surface area contributed by atoms with Crippen molar-refractivity contribution in [3.63, 3.8) is 0 Å². The maximum atomic E-state index is 12.1. The van der Waals surface area contributed by atoms with Gasteiger partial charge in [-0.05, 0) is 36.8 Å². The lowest BCUT2D eigenvalue weighted by Gasteiger charge is -2.16. The van der Waals surface area contributed by atoms with Crippen molar-refractivity contribution >= 4 is 17.6 Å². The van der Waals surface area contributed by atoms with Crippen molar-refractivity contribution in [1.29, 1.82) is 0 Å². The van der Waals surface area contributed by atoms with Gasteiger partial charge in [0.1, 0.15) is 5.75 Å². The van der Waals surface area contributed by atoms with Crippen LogP contribution in [0.25, 0.3) is 0 Å². The van der Waals surface area contributed by atoms with Crippen molar-refractivity contribution in [2.45, 2.75) is 12.8 Å². The lowest BCUT2D eigenvalue weighted by molar-refractivity contribution is -0.152. The number of allylic oxidation sites excluding steroid dienone is 2. The van der Waals surface area contributed by atoms with E-state index in [-0.39, 0.29) is 30.3 Å². The molecule has 0 saturated heterocycles. The van der Waals surface area contributed by atoms with E-state index >= 15 is 0 Å². The maximum Gasteiger partial charge on any atom is 0.310 e. The first-order chi connectivity index (χ1) is 10.7. The number of para-hydroxylation sites is 2. The summed E-state index contributed by atoms with van der Waals surface area (Å²) in [4.78, 5) is 24.0. The first-order valence-corrected chi connectivity index (χ1v) is 7.45. The summed E-state index contributed by atoms with van der Waals surface area (Å²) in [7, 11) is 1.54. The van der Waals surface area contributed by atoms with E-state index in [1.807, 2.05) is 6.07 Å². The first-order valence-electron chi connectivity index (χ1n) is 7.45. The van der Waals surface area contributed by atoms with Crippen molar-refractivity contribution < 1.29 is 19.1 Å². The number of rotatable bonds is 5. The molecule has 0 unspecified atom stereocenters. The first kappa shape index (κ1) is 14.6. The molecule has 1 aromatic carbocycles. The summed E-state index contributed by atoms with van der Waals surface area (Å²) < 4.78 is 10.3. The molecule has 3 rings (SSSR count). The van der Waals surface area contributed by atoms with Crippen LogP contribution < -0.4 is 10.1 Å². The molecule has 1 N–H and O–H groups in total. The Morgan fingerprint density at radius 1 is 1.23 bits per heavy atom. The van der Waals surface area contributed by atoms with Crippen LogP contribution in [-0.2, 0) is 14.3 Å². The van der Waals surface area contributed by atoms with Crippen molar-refractivity contribution in [3.05, 3.63) is 36.4 Å². The Labute approximate surface area is 129 Å². The number of hydrogen-bond donors (Lipinski definition) is 1. The van der Waals surface area contributed by atoms with E-state index < -0.39 is 0 Å². The Morgan fingerprint density at radius 2 is 2.05 bits per heavy atom. The fourth-order valence-corrected chi connectivity index (χ4v) is 3.23. The molecule has 0 aliphatic heterocycles. The van der Waals surface area contributed by atoms with Gasteiger partial charge in [0.25, 0.3) is 5.91 Å². The summed E-state index contributed by atoms with van der Waals surface area (Å²) in [6, 6.07) is 7.10. The molecule has 0 radical (unpaired) electrons. The van der Waals surface area contributed by atoms with Crippen LogP contribution in [0.3, 0.4) is 0 Å². The highest BCUT2D eigenvalue weighted by Crippen LogP contribution is 2.43. The van der Waals surface area contributed by atoms with Gasteiger partial charge < -0.3 is 14.8 Å². The second-order valence-corrected chi connectivity index (χ2v) is 5.74. The minimum absolute atomic E-state index is 0.0888. The summed E-state index contributed by atoms with van der Waals surface area (Å²) in [6.07, 6.45) is 6.14. The van der Waals surface area contributed by atoms with Gasteiger partial charge in [-0.15, -0.1) is 0 Å². The van der Waals surface area contributed by atoms with E-state index in [2.05, 4.69) is 17.5 Å². The number of methoxy groups -OCH3 is 1. The predicted octanol–water partition coefficient (Wildman–Crippen LogP) is 2.39. The van der Waals surface area contributed by atoms with Gasteiger partial charge >= 0.3 is 5.97 Å². The third-order valence-corrected chi connectivity index (χ3v) is 4.31. The number of fused-ring (bicyclic) bond motifs is 2. The molecule has 0 aromatic heterocycles. The highest BCUT2D eigenvalue weighted by Gasteiger charge is 2.40. The van der Waals surface area contributed by atoms with E-state index in [1.54, 1.807) is 18.2 Å². The van der Waals surface area contributed by atoms with Crippen molar-refractivity contribution in [2.24, 2.45) is 17.8 Å². The van der Waals surface area contributed by atoms with Gasteiger partial charge in [0.2, 0.25) is 0 Å². The summed E-state index contributed by atoms with van der Waals surface area (Å²) in [5, 5.41) is 2.69. The molecule has 1 saturated carbocycles. The number of hydrogen-bond acceptors (Lipinski definition) is 4. The molecule has 1 aromatic rings. The van der Waals surface area contributed by atoms with Gasteiger partial charge in [-0.3, -0.25) is 9.59 Å². The molecule has 5 heteroatoms. The summed E-state index contributed by atoms with van der Waals surface area (Å²) in [5.41, 5.74) is 0.564. The predicted molar refractivity (Wildman–Crippen MR) is 81.4 cm³/mol. The highest BCUT2D eigenvalue weighted by molar-refractivity contribution is 5.94. The third-order valence-electron chi connectivity index (χ3n) is 4.31. The Kier molecular flexibility index (Phi) is 4.13. The lowest BCUT2D eigenvalue weighted by atomic mass is 9.94. The number of benzene rings is 1. The molecule has 2 aliphatic rings. The Balaban J connectivity index is 1.50. The number of carbonyl (C=O) groups is 2. The molecule has 0 heterocycles. The van der Waals surface area contributed by atoms with E-state index in [9.17, 15) is 9.59 Å². The van der Waals surface area contributed by atoms with Gasteiger partial charge in [0.15, 0.2) is 6.61 Å². The van der Waals surface area contributed by atoms with E-state index in [1.165, 1.54) is 7.11 Å². The number of carbonyl (C=O) groups excluding carboxylic acids is 2. The van der Waals surface area contributed by atoms with Crippen molar-refractivity contribution in [1.82, 2.24) is 0 Å². The molecular formula is C17H19NO4. The number of esters is 1. The number of amides is 1. The molecule has 1 fully saturated rings. The molecule has 2 bridgehead atoms. The topological polar surface area (TPSA) is 64.6 Å². The highest BCUT2D eigenvalue weighted by atomic mass is 16.5. The molecular weight excluding hydrogens is 282 g/mol. The van der Waals surface area contributed by atoms with Crippen LogP contribution in [-0.4, -0.2) is 25.6 Å². The van der Waals surface area contributed by atoms with Gasteiger partial charge in [0.05, 0.1) is 18.7 Å². The van der Waals surface area contributed by atoms with E-state index in [4.69, 9.17) is 9.47 Å². The molecule has 0 spiro atoms. The minimum atomic E-state index is -0.364. The molecule has 5 nitrogen and oxygen atoms in total. The minimum Gasteiger partial charge on any atom is -0.495 e. The van der Waals surface area contributed by atoms with E-state index in [0.717, 1.165) is 12.8 Å². The summed E-state index contributed by atoms with van der Waals surface area (Å²) >= 11 is 0. The van der Waals surface area contributed by atoms with Crippen LogP contribution in [0.4, 0.5) is 5.69 Å². The number of nitrogens with one attached hydrogen (secondary N) is 1. The normalized spacial score (nSPS) is 25.0. The second-order valence-electron chi connectivity index (χ2n) is 5.74. The number of anilines is 1. The molecule has 1 amide bonds. The van der Waals surface area contributed by atoms with Crippen LogP contribution >= 0.6 is 0 Å². The largest absolute Gasteiger partial charge is 0.495 e. The van der Waals surface area contributed by atoms with Gasteiger partial charge in [-0.25, -0.2) is 0 Å². The van der Waals surface area contributed by atoms with Crippen LogP contribution in [0.5, 0.6) is 5.75 Å². The van der Waals surface area contributed by atoms with E-state index in [0.29, 0.717) is 17.4 Å². The van der Waals surface area contributed by atoms with Crippen molar-refractivity contribution in [3.8, 4) is 5.75 Å². The van der Waals surface area contributed by atoms with Crippen LogP contribution in [0.15, 0.2) is 36.4 Å². The van der Waals surface area contributed by atoms with Gasteiger partial charge in [-0.1, -0.05) is 24.3 Å². The zero-order chi connectivity index (χ0) is 15.5. The summed E-state index contributed by atoms with van der Waals surface area (Å²) in [6.45, 7) is -0.269. The van der Waals surface area contributed by atoms with Crippen molar-refractivity contribution in [2.75, 3.05) is 19.0 Å². The van der Waals surface area contributed by atoms with Crippen LogP contribution in [0.1, 0.15) is 12.8 Å². The fraction of sp³-hybridized carbons (Fsp3) is 0.412. The standard InChI is InChI=1S/C17H19NO4/c1-21-15-5-3-2-4-14(15)18-16(19)10-22-17(20)13-9-11-6-7-12(13)8-11/h2-7,11-13H,8-10H2,1H3,(H,18,19)/t11-,12-,13+/m0/s1. The van der Waals surface area contributed by atoms with Crippen LogP contribution in [0.2, 0.25) is 0 Å². The average Bonchev–Trinajstić information content (AvgIpc) is 3.16. The molecule has 116 valence electrons. The maximum absolute atomic E-state index is 12.1. The van der Waals surface area contributed by atoms with Gasteiger partial charge in [0, 0.05) is 0 Å². The zero-order valence-corrected chi connectivity index (χ0v) is 12.5. The third kappa shape index (κ3) is 2.98. The zero-order valence-electron chi connectivity index (χ0n) is 12.5. The lowest BCUT2D eigenvalue weighted by Crippen LogP contribution is -2.26. The number of ether oxygens (including phenoxy) is 2. The fourth-order valence-electron chi connectivity index (χ4n) is 3.23. The SMILES string of the molecule is COc1ccccc1NC(=O)COC(=O)[C@@H]1C[C@H]2C=C[C@H]1C2. The smallest absolute Gasteiger partial charge is 0.310 e. The van der Waals surface area contributed by atoms with Crippen LogP contribution in [0, 0.1) is 17.8 Å². The quantitative estimate of drug-likeness (QED) is 0.670. The Bertz CT molecular complexity index is 610. The molecule has 2 aliphatic carbocycles. The summed E-state index contributed by atoms with van der Waals surface area (Å²) in [5.74, 6) is 0.637. The monoisotopic (exact) mass is 301 g/mol. The average molecular weight is 301 g/mol. The molecule has 3 atom stereocenters. The Hall–Kier alpha value is -2.30. The Morgan fingerprint density at radius 3 is 2.73 bits per heavy atom.